The Bertz CT molecular complexity index is 397. The van der Waals surface area contributed by atoms with E-state index in [1.165, 1.54) is 5.57 Å². The van der Waals surface area contributed by atoms with Crippen LogP contribution in [0.1, 0.15) is 45.4 Å². The number of nitrogens with one attached hydrogen (secondary N) is 1. The predicted octanol–water partition coefficient (Wildman–Crippen LogP) is 2.14. The average Bonchev–Trinajstić information content (AvgIpc) is 2.40. The number of aliphatic carboxylic acids is 1. The van der Waals surface area contributed by atoms with Crippen molar-refractivity contribution in [3.8, 4) is 0 Å². The molecular formula is C14H22N2O3. The minimum absolute atomic E-state index is 0.243. The maximum atomic E-state index is 12.2. The van der Waals surface area contributed by atoms with Crippen molar-refractivity contribution >= 4 is 12.0 Å². The number of hydrogen-bond acceptors (Lipinski definition) is 2. The molecule has 106 valence electrons. The van der Waals surface area contributed by atoms with E-state index in [4.69, 9.17) is 0 Å². The Morgan fingerprint density at radius 3 is 2.53 bits per heavy atom. The van der Waals surface area contributed by atoms with E-state index in [1.807, 2.05) is 6.08 Å². The molecule has 2 rings (SSSR count). The largest absolute Gasteiger partial charge is 0.480 e. The van der Waals surface area contributed by atoms with Gasteiger partial charge >= 0.3 is 12.0 Å². The van der Waals surface area contributed by atoms with Gasteiger partial charge in [0.15, 0.2) is 0 Å². The molecule has 0 unspecified atom stereocenters. The maximum absolute atomic E-state index is 12.2. The predicted molar refractivity (Wildman–Crippen MR) is 71.9 cm³/mol. The minimum atomic E-state index is -1.05. The molecule has 0 spiro atoms. The molecule has 0 atom stereocenters. The zero-order valence-electron chi connectivity index (χ0n) is 11.4. The van der Waals surface area contributed by atoms with Gasteiger partial charge in [0.1, 0.15) is 5.54 Å². The highest BCUT2D eigenvalue weighted by atomic mass is 16.4. The molecule has 0 radical (unpaired) electrons. The standard InChI is InChI=1S/C14H22N2O3/c1-11-5-9-16(10-6-11)13(19)15-14(12(17)18)7-3-2-4-8-14/h5H,2-4,6-10H2,1H3,(H,15,19)(H,17,18). The Kier molecular flexibility index (Phi) is 4.12. The van der Waals surface area contributed by atoms with Crippen LogP contribution in [-0.4, -0.2) is 40.6 Å². The highest BCUT2D eigenvalue weighted by Gasteiger charge is 2.41. The van der Waals surface area contributed by atoms with E-state index in [-0.39, 0.29) is 6.03 Å². The van der Waals surface area contributed by atoms with Crippen LogP contribution in [0.25, 0.3) is 0 Å². The van der Waals surface area contributed by atoms with Crippen LogP contribution in [0.4, 0.5) is 4.79 Å². The smallest absolute Gasteiger partial charge is 0.329 e. The summed E-state index contributed by atoms with van der Waals surface area (Å²) < 4.78 is 0. The summed E-state index contributed by atoms with van der Waals surface area (Å²) in [4.78, 5) is 25.4. The van der Waals surface area contributed by atoms with Gasteiger partial charge in [-0.3, -0.25) is 0 Å². The van der Waals surface area contributed by atoms with E-state index >= 15 is 0 Å². The molecule has 1 aliphatic carbocycles. The van der Waals surface area contributed by atoms with Crippen molar-refractivity contribution in [3.05, 3.63) is 11.6 Å². The van der Waals surface area contributed by atoms with Gasteiger partial charge in [-0.2, -0.15) is 0 Å². The van der Waals surface area contributed by atoms with E-state index < -0.39 is 11.5 Å². The number of nitrogens with zero attached hydrogens (tertiary/aromatic N) is 1. The van der Waals surface area contributed by atoms with Crippen molar-refractivity contribution in [2.24, 2.45) is 0 Å². The zero-order valence-corrected chi connectivity index (χ0v) is 11.4. The number of carboxylic acids is 1. The topological polar surface area (TPSA) is 69.6 Å². The van der Waals surface area contributed by atoms with Gasteiger partial charge in [0.25, 0.3) is 0 Å². The van der Waals surface area contributed by atoms with Gasteiger partial charge in [0.2, 0.25) is 0 Å². The molecule has 1 heterocycles. The van der Waals surface area contributed by atoms with Gasteiger partial charge < -0.3 is 15.3 Å². The summed E-state index contributed by atoms with van der Waals surface area (Å²) in [7, 11) is 0. The highest BCUT2D eigenvalue weighted by molar-refractivity contribution is 5.86. The third-order valence-electron chi connectivity index (χ3n) is 4.19. The maximum Gasteiger partial charge on any atom is 0.329 e. The van der Waals surface area contributed by atoms with Crippen molar-refractivity contribution in [2.75, 3.05) is 13.1 Å². The zero-order chi connectivity index (χ0) is 13.9. The first kappa shape index (κ1) is 13.9. The summed E-state index contributed by atoms with van der Waals surface area (Å²) in [6, 6.07) is -0.243. The number of rotatable bonds is 2. The van der Waals surface area contributed by atoms with Crippen LogP contribution in [0.3, 0.4) is 0 Å². The fourth-order valence-corrected chi connectivity index (χ4v) is 2.79. The van der Waals surface area contributed by atoms with Crippen molar-refractivity contribution < 1.29 is 14.7 Å². The first-order valence-corrected chi connectivity index (χ1v) is 7.00. The Hall–Kier alpha value is -1.52. The van der Waals surface area contributed by atoms with Gasteiger partial charge in [-0.25, -0.2) is 9.59 Å². The number of carbonyl (C=O) groups excluding carboxylic acids is 1. The molecule has 2 aliphatic rings. The summed E-state index contributed by atoms with van der Waals surface area (Å²) in [5.41, 5.74) is 0.237. The first-order chi connectivity index (χ1) is 9.03. The second kappa shape index (κ2) is 5.63. The molecule has 0 aromatic rings. The molecule has 1 fully saturated rings. The van der Waals surface area contributed by atoms with Crippen LogP contribution in [0.5, 0.6) is 0 Å². The quantitative estimate of drug-likeness (QED) is 0.752. The number of amides is 2. The van der Waals surface area contributed by atoms with E-state index in [2.05, 4.69) is 12.2 Å². The number of carboxylic acid groups (broad SMARTS) is 1. The van der Waals surface area contributed by atoms with Crippen molar-refractivity contribution in [1.29, 1.82) is 0 Å². The molecule has 0 bridgehead atoms. The van der Waals surface area contributed by atoms with Gasteiger partial charge in [-0.15, -0.1) is 0 Å². The van der Waals surface area contributed by atoms with Crippen molar-refractivity contribution in [1.82, 2.24) is 10.2 Å². The van der Waals surface area contributed by atoms with Crippen molar-refractivity contribution in [3.63, 3.8) is 0 Å². The monoisotopic (exact) mass is 266 g/mol. The molecule has 2 amide bonds. The summed E-state index contributed by atoms with van der Waals surface area (Å²) in [5, 5.41) is 12.2. The van der Waals surface area contributed by atoms with Gasteiger partial charge in [0.05, 0.1) is 0 Å². The van der Waals surface area contributed by atoms with E-state index in [0.717, 1.165) is 25.7 Å². The summed E-state index contributed by atoms with van der Waals surface area (Å²) >= 11 is 0. The van der Waals surface area contributed by atoms with Crippen LogP contribution in [0.2, 0.25) is 0 Å². The highest BCUT2D eigenvalue weighted by Crippen LogP contribution is 2.28. The second-order valence-corrected chi connectivity index (χ2v) is 5.62. The van der Waals surface area contributed by atoms with E-state index in [0.29, 0.717) is 25.9 Å². The molecule has 0 aromatic carbocycles. The summed E-state index contributed by atoms with van der Waals surface area (Å²) in [6.45, 7) is 3.30. The molecule has 1 saturated carbocycles. The summed E-state index contributed by atoms with van der Waals surface area (Å²) in [5.74, 6) is -0.899. The Morgan fingerprint density at radius 2 is 2.00 bits per heavy atom. The first-order valence-electron chi connectivity index (χ1n) is 7.00. The number of hydrogen-bond donors (Lipinski definition) is 2. The normalized spacial score (nSPS) is 22.6. The number of carbonyl (C=O) groups is 2. The van der Waals surface area contributed by atoms with E-state index in [1.54, 1.807) is 4.90 Å². The molecule has 5 heteroatoms. The lowest BCUT2D eigenvalue weighted by atomic mass is 9.82. The van der Waals surface area contributed by atoms with Gasteiger partial charge in [-0.1, -0.05) is 30.9 Å². The molecule has 0 aromatic heterocycles. The van der Waals surface area contributed by atoms with Gasteiger partial charge in [-0.05, 0) is 26.2 Å². The third-order valence-corrected chi connectivity index (χ3v) is 4.19. The molecule has 1 aliphatic heterocycles. The molecular weight excluding hydrogens is 244 g/mol. The van der Waals surface area contributed by atoms with E-state index in [9.17, 15) is 14.7 Å². The van der Waals surface area contributed by atoms with Gasteiger partial charge in [0, 0.05) is 13.1 Å². The Morgan fingerprint density at radius 1 is 1.32 bits per heavy atom. The lowest BCUT2D eigenvalue weighted by molar-refractivity contribution is -0.146. The third kappa shape index (κ3) is 3.08. The average molecular weight is 266 g/mol. The van der Waals surface area contributed by atoms with Crippen LogP contribution in [0, 0.1) is 0 Å². The SMILES string of the molecule is CC1=CCN(C(=O)NC2(C(=O)O)CCCCC2)CC1. The fraction of sp³-hybridized carbons (Fsp3) is 0.714. The number of urea groups is 1. The lowest BCUT2D eigenvalue weighted by Crippen LogP contribution is -2.59. The van der Waals surface area contributed by atoms with Crippen LogP contribution in [-0.2, 0) is 4.79 Å². The summed E-state index contributed by atoms with van der Waals surface area (Å²) in [6.07, 6.45) is 6.76. The molecule has 0 saturated heterocycles. The molecule has 19 heavy (non-hydrogen) atoms. The van der Waals surface area contributed by atoms with Crippen LogP contribution in [0.15, 0.2) is 11.6 Å². The Balaban J connectivity index is 2.01. The second-order valence-electron chi connectivity index (χ2n) is 5.62. The van der Waals surface area contributed by atoms with Crippen LogP contribution >= 0.6 is 0 Å². The lowest BCUT2D eigenvalue weighted by Gasteiger charge is -2.36. The minimum Gasteiger partial charge on any atom is -0.480 e. The molecule has 5 nitrogen and oxygen atoms in total. The van der Waals surface area contributed by atoms with Crippen molar-refractivity contribution in [2.45, 2.75) is 51.0 Å². The Labute approximate surface area is 113 Å². The van der Waals surface area contributed by atoms with Crippen LogP contribution < -0.4 is 5.32 Å². The molecule has 2 N–H and O–H groups in total. The fourth-order valence-electron chi connectivity index (χ4n) is 2.79.